The summed E-state index contributed by atoms with van der Waals surface area (Å²) in [4.78, 5) is 27.2. The van der Waals surface area contributed by atoms with E-state index < -0.39 is 0 Å². The van der Waals surface area contributed by atoms with Crippen LogP contribution in [-0.2, 0) is 12.8 Å². The van der Waals surface area contributed by atoms with Gasteiger partial charge in [-0.05, 0) is 55.9 Å². The highest BCUT2D eigenvalue weighted by Gasteiger charge is 2.32. The van der Waals surface area contributed by atoms with E-state index in [1.807, 2.05) is 24.3 Å². The summed E-state index contributed by atoms with van der Waals surface area (Å²) in [5, 5.41) is 10.3. The van der Waals surface area contributed by atoms with E-state index in [0.717, 1.165) is 50.2 Å². The number of aromatic amines is 1. The molecule has 0 spiro atoms. The Morgan fingerprint density at radius 1 is 1.19 bits per heavy atom. The van der Waals surface area contributed by atoms with Gasteiger partial charge in [0.15, 0.2) is 0 Å². The second-order valence-electron chi connectivity index (χ2n) is 7.25. The number of hydrogen-bond donors (Lipinski definition) is 1. The van der Waals surface area contributed by atoms with Crippen molar-refractivity contribution in [1.82, 2.24) is 15.0 Å². The first-order valence-electron chi connectivity index (χ1n) is 9.43. The molecule has 0 saturated carbocycles. The summed E-state index contributed by atoms with van der Waals surface area (Å²) in [6.45, 7) is 0.807. The average molecular weight is 357 g/mol. The molecule has 1 aliphatic carbocycles. The van der Waals surface area contributed by atoms with E-state index in [1.54, 1.807) is 6.07 Å². The molecule has 1 saturated heterocycles. The number of anilines is 1. The number of aryl methyl sites for hydroxylation is 2. The molecule has 6 heteroatoms. The van der Waals surface area contributed by atoms with Gasteiger partial charge >= 0.3 is 0 Å². The highest BCUT2D eigenvalue weighted by Crippen LogP contribution is 2.37. The molecule has 2 aliphatic rings. The zero-order valence-corrected chi connectivity index (χ0v) is 14.9. The highest BCUT2D eigenvalue weighted by molar-refractivity contribution is 5.77. The van der Waals surface area contributed by atoms with Crippen molar-refractivity contribution in [3.63, 3.8) is 0 Å². The van der Waals surface area contributed by atoms with Crippen LogP contribution in [0.4, 0.5) is 5.82 Å². The number of nitrogens with zero attached hydrogens (tertiary/aromatic N) is 4. The predicted octanol–water partition coefficient (Wildman–Crippen LogP) is 3.02. The molecule has 0 amide bonds. The number of H-pyrrole nitrogens is 1. The average Bonchev–Trinajstić information content (AvgIpc) is 3.35. The molecule has 3 heterocycles. The fourth-order valence-electron chi connectivity index (χ4n) is 4.33. The standard InChI is InChI=1S/C21H19N5O/c22-12-14-11-13-5-3-8-16(13)24-20(14)26-10-4-9-18(26)19-23-17-7-2-1-6-15(17)21(27)25-19/h1-2,6-7,11,18H,3-5,8-10H2,(H,23,25,27). The summed E-state index contributed by atoms with van der Waals surface area (Å²) >= 11 is 0. The number of hydrogen-bond acceptors (Lipinski definition) is 5. The van der Waals surface area contributed by atoms with Crippen molar-refractivity contribution in [2.45, 2.75) is 38.1 Å². The minimum absolute atomic E-state index is 0.0682. The zero-order chi connectivity index (χ0) is 18.4. The van der Waals surface area contributed by atoms with Gasteiger partial charge in [-0.1, -0.05) is 12.1 Å². The Morgan fingerprint density at radius 3 is 2.96 bits per heavy atom. The maximum atomic E-state index is 12.5. The molecule has 134 valence electrons. The van der Waals surface area contributed by atoms with Crippen molar-refractivity contribution in [3.05, 3.63) is 63.3 Å². The Balaban J connectivity index is 1.61. The molecule has 3 aromatic rings. The topological polar surface area (TPSA) is 85.7 Å². The summed E-state index contributed by atoms with van der Waals surface area (Å²) in [7, 11) is 0. The molecular formula is C21H19N5O. The molecular weight excluding hydrogens is 338 g/mol. The van der Waals surface area contributed by atoms with Crippen LogP contribution in [0.3, 0.4) is 0 Å². The maximum absolute atomic E-state index is 12.5. The molecule has 0 radical (unpaired) electrons. The number of benzene rings is 1. The monoisotopic (exact) mass is 357 g/mol. The van der Waals surface area contributed by atoms with E-state index in [2.05, 4.69) is 16.0 Å². The molecule has 2 aromatic heterocycles. The molecule has 1 N–H and O–H groups in total. The van der Waals surface area contributed by atoms with Crippen molar-refractivity contribution < 1.29 is 0 Å². The highest BCUT2D eigenvalue weighted by atomic mass is 16.1. The molecule has 1 aliphatic heterocycles. The van der Waals surface area contributed by atoms with Gasteiger partial charge in [-0.3, -0.25) is 4.79 Å². The third-order valence-electron chi connectivity index (χ3n) is 5.62. The number of aromatic nitrogens is 3. The van der Waals surface area contributed by atoms with E-state index in [9.17, 15) is 10.1 Å². The molecule has 1 atom stereocenters. The Bertz CT molecular complexity index is 1140. The molecule has 1 aromatic carbocycles. The number of nitrogens with one attached hydrogen (secondary N) is 1. The minimum Gasteiger partial charge on any atom is -0.345 e. The van der Waals surface area contributed by atoms with Gasteiger partial charge in [0.25, 0.3) is 5.56 Å². The van der Waals surface area contributed by atoms with E-state index in [1.165, 1.54) is 5.56 Å². The molecule has 1 unspecified atom stereocenters. The predicted molar refractivity (Wildman–Crippen MR) is 103 cm³/mol. The SMILES string of the molecule is N#Cc1cc2c(nc1N1CCCC1c1nc3ccccc3c(=O)[nH]1)CCC2. The van der Waals surface area contributed by atoms with E-state index in [0.29, 0.717) is 22.3 Å². The molecule has 5 rings (SSSR count). The van der Waals surface area contributed by atoms with Crippen LogP contribution < -0.4 is 10.5 Å². The van der Waals surface area contributed by atoms with Crippen LogP contribution in [0.1, 0.15) is 47.9 Å². The maximum Gasteiger partial charge on any atom is 0.258 e. The summed E-state index contributed by atoms with van der Waals surface area (Å²) < 4.78 is 0. The molecule has 0 bridgehead atoms. The fourth-order valence-corrected chi connectivity index (χ4v) is 4.33. The van der Waals surface area contributed by atoms with Gasteiger partial charge in [-0.2, -0.15) is 5.26 Å². The van der Waals surface area contributed by atoms with Crippen LogP contribution in [0.25, 0.3) is 10.9 Å². The lowest BCUT2D eigenvalue weighted by atomic mass is 10.1. The van der Waals surface area contributed by atoms with Crippen molar-refractivity contribution in [2.75, 3.05) is 11.4 Å². The zero-order valence-electron chi connectivity index (χ0n) is 14.9. The first-order valence-corrected chi connectivity index (χ1v) is 9.43. The number of para-hydroxylation sites is 1. The van der Waals surface area contributed by atoms with Crippen molar-refractivity contribution in [2.24, 2.45) is 0 Å². The number of pyridine rings is 1. The Kier molecular flexibility index (Phi) is 3.68. The lowest BCUT2D eigenvalue weighted by molar-refractivity contribution is 0.660. The van der Waals surface area contributed by atoms with Crippen LogP contribution in [-0.4, -0.2) is 21.5 Å². The second-order valence-corrected chi connectivity index (χ2v) is 7.25. The van der Waals surface area contributed by atoms with Crippen LogP contribution in [0.15, 0.2) is 35.1 Å². The first kappa shape index (κ1) is 16.0. The van der Waals surface area contributed by atoms with Gasteiger partial charge in [0.05, 0.1) is 22.5 Å². The first-order chi connectivity index (χ1) is 13.2. The molecule has 1 fully saturated rings. The van der Waals surface area contributed by atoms with Crippen molar-refractivity contribution in [3.8, 4) is 6.07 Å². The molecule has 27 heavy (non-hydrogen) atoms. The Hall–Kier alpha value is -3.20. The normalized spacial score (nSPS) is 18.6. The van der Waals surface area contributed by atoms with Crippen molar-refractivity contribution in [1.29, 1.82) is 5.26 Å². The summed E-state index contributed by atoms with van der Waals surface area (Å²) in [6, 6.07) is 11.6. The Morgan fingerprint density at radius 2 is 2.07 bits per heavy atom. The van der Waals surface area contributed by atoms with Crippen LogP contribution in [0.2, 0.25) is 0 Å². The third kappa shape index (κ3) is 2.58. The van der Waals surface area contributed by atoms with E-state index >= 15 is 0 Å². The number of rotatable bonds is 2. The van der Waals surface area contributed by atoms with Gasteiger partial charge < -0.3 is 9.88 Å². The van der Waals surface area contributed by atoms with Gasteiger partial charge in [-0.15, -0.1) is 0 Å². The van der Waals surface area contributed by atoms with Gasteiger partial charge in [0, 0.05) is 12.2 Å². The molecule has 6 nitrogen and oxygen atoms in total. The van der Waals surface area contributed by atoms with Crippen LogP contribution in [0.5, 0.6) is 0 Å². The number of fused-ring (bicyclic) bond motifs is 2. The van der Waals surface area contributed by atoms with Gasteiger partial charge in [0.2, 0.25) is 0 Å². The van der Waals surface area contributed by atoms with Gasteiger partial charge in [-0.25, -0.2) is 9.97 Å². The Labute approximate surface area is 156 Å². The summed E-state index contributed by atoms with van der Waals surface area (Å²) in [5.41, 5.74) is 3.50. The van der Waals surface area contributed by atoms with E-state index in [4.69, 9.17) is 9.97 Å². The van der Waals surface area contributed by atoms with E-state index in [-0.39, 0.29) is 11.6 Å². The second kappa shape index (κ2) is 6.20. The van der Waals surface area contributed by atoms with Crippen LogP contribution in [0, 0.1) is 11.3 Å². The summed E-state index contributed by atoms with van der Waals surface area (Å²) in [5.74, 6) is 1.39. The minimum atomic E-state index is -0.120. The third-order valence-corrected chi connectivity index (χ3v) is 5.62. The fraction of sp³-hybridized carbons (Fsp3) is 0.333. The number of nitriles is 1. The summed E-state index contributed by atoms with van der Waals surface area (Å²) in [6.07, 6.45) is 4.92. The lowest BCUT2D eigenvalue weighted by Crippen LogP contribution is -2.28. The lowest BCUT2D eigenvalue weighted by Gasteiger charge is -2.26. The van der Waals surface area contributed by atoms with Crippen molar-refractivity contribution >= 4 is 16.7 Å². The quantitative estimate of drug-likeness (QED) is 0.762. The smallest absolute Gasteiger partial charge is 0.258 e. The van der Waals surface area contributed by atoms with Crippen LogP contribution >= 0.6 is 0 Å². The largest absolute Gasteiger partial charge is 0.345 e. The van der Waals surface area contributed by atoms with Gasteiger partial charge in [0.1, 0.15) is 17.7 Å².